The lowest BCUT2D eigenvalue weighted by Gasteiger charge is -2.16. The van der Waals surface area contributed by atoms with Gasteiger partial charge in [0.05, 0.1) is 11.9 Å². The summed E-state index contributed by atoms with van der Waals surface area (Å²) in [6, 6.07) is 10.3. The van der Waals surface area contributed by atoms with Crippen LogP contribution in [0, 0.1) is 0 Å². The molecule has 0 amide bonds. The van der Waals surface area contributed by atoms with E-state index < -0.39 is 0 Å². The van der Waals surface area contributed by atoms with Gasteiger partial charge in [-0.2, -0.15) is 0 Å². The van der Waals surface area contributed by atoms with Gasteiger partial charge in [0.25, 0.3) is 0 Å². The molecule has 0 radical (unpaired) electrons. The quantitative estimate of drug-likeness (QED) is 0.537. The smallest absolute Gasteiger partial charge is 0.214 e. The maximum atomic E-state index is 12.6. The third-order valence-electron chi connectivity index (χ3n) is 3.60. The van der Waals surface area contributed by atoms with E-state index in [0.29, 0.717) is 16.8 Å². The van der Waals surface area contributed by atoms with Crippen molar-refractivity contribution < 1.29 is 9.59 Å². The lowest BCUT2D eigenvalue weighted by molar-refractivity contribution is 0.0971. The average Bonchev–Trinajstić information content (AvgIpc) is 2.60. The van der Waals surface area contributed by atoms with Gasteiger partial charge in [-0.1, -0.05) is 24.3 Å². The van der Waals surface area contributed by atoms with Crippen molar-refractivity contribution in [3.63, 3.8) is 0 Å². The SMILES string of the molecule is O=C1c2ccccc2C(=O)c2nc(-c3ccncc3)cnc21. The van der Waals surface area contributed by atoms with E-state index in [1.807, 2.05) is 0 Å². The van der Waals surface area contributed by atoms with Crippen LogP contribution in [-0.4, -0.2) is 26.5 Å². The van der Waals surface area contributed by atoms with Crippen LogP contribution in [-0.2, 0) is 0 Å². The third-order valence-corrected chi connectivity index (χ3v) is 3.60. The van der Waals surface area contributed by atoms with Gasteiger partial charge in [-0.25, -0.2) is 9.97 Å². The number of aromatic nitrogens is 3. The summed E-state index contributed by atoms with van der Waals surface area (Å²) in [7, 11) is 0. The molecular weight excluding hydrogens is 278 g/mol. The predicted molar refractivity (Wildman–Crippen MR) is 78.6 cm³/mol. The fourth-order valence-corrected chi connectivity index (χ4v) is 2.51. The standard InChI is InChI=1S/C17H9N3O2/c21-16-11-3-1-2-4-12(11)17(22)15-14(16)19-9-13(20-15)10-5-7-18-8-6-10/h1-9H. The lowest BCUT2D eigenvalue weighted by Crippen LogP contribution is -2.23. The summed E-state index contributed by atoms with van der Waals surface area (Å²) < 4.78 is 0. The normalized spacial score (nSPS) is 12.7. The molecule has 22 heavy (non-hydrogen) atoms. The Kier molecular flexibility index (Phi) is 2.66. The highest BCUT2D eigenvalue weighted by Crippen LogP contribution is 2.26. The van der Waals surface area contributed by atoms with Gasteiger partial charge in [-0.05, 0) is 12.1 Å². The Morgan fingerprint density at radius 2 is 1.41 bits per heavy atom. The summed E-state index contributed by atoms with van der Waals surface area (Å²) in [4.78, 5) is 37.5. The largest absolute Gasteiger partial charge is 0.287 e. The maximum absolute atomic E-state index is 12.6. The number of nitrogens with zero attached hydrogens (tertiary/aromatic N) is 3. The zero-order valence-electron chi connectivity index (χ0n) is 11.4. The Bertz CT molecular complexity index is 920. The molecule has 0 saturated carbocycles. The number of carbonyl (C=O) groups excluding carboxylic acids is 2. The van der Waals surface area contributed by atoms with Crippen molar-refractivity contribution in [1.29, 1.82) is 0 Å². The Morgan fingerprint density at radius 3 is 2.09 bits per heavy atom. The molecule has 0 bridgehead atoms. The van der Waals surface area contributed by atoms with Gasteiger partial charge in [0, 0.05) is 29.1 Å². The second-order valence-electron chi connectivity index (χ2n) is 4.89. The molecule has 0 N–H and O–H groups in total. The first-order valence-electron chi connectivity index (χ1n) is 6.71. The second-order valence-corrected chi connectivity index (χ2v) is 4.89. The lowest BCUT2D eigenvalue weighted by atomic mass is 9.89. The Hall–Kier alpha value is -3.21. The summed E-state index contributed by atoms with van der Waals surface area (Å²) in [6.07, 6.45) is 4.78. The summed E-state index contributed by atoms with van der Waals surface area (Å²) in [6.45, 7) is 0. The molecule has 104 valence electrons. The number of hydrogen-bond donors (Lipinski definition) is 0. The molecule has 0 atom stereocenters. The average molecular weight is 287 g/mol. The molecule has 1 aliphatic carbocycles. The van der Waals surface area contributed by atoms with Crippen LogP contribution in [0.25, 0.3) is 11.3 Å². The summed E-state index contributed by atoms with van der Waals surface area (Å²) in [5, 5.41) is 0. The molecule has 0 aliphatic heterocycles. The van der Waals surface area contributed by atoms with Gasteiger partial charge in [0.15, 0.2) is 0 Å². The molecule has 2 heterocycles. The number of hydrogen-bond acceptors (Lipinski definition) is 5. The van der Waals surface area contributed by atoms with Crippen LogP contribution in [0.3, 0.4) is 0 Å². The fourth-order valence-electron chi connectivity index (χ4n) is 2.51. The van der Waals surface area contributed by atoms with E-state index in [9.17, 15) is 9.59 Å². The number of fused-ring (bicyclic) bond motifs is 2. The minimum absolute atomic E-state index is 0.109. The van der Waals surface area contributed by atoms with Crippen molar-refractivity contribution in [3.8, 4) is 11.3 Å². The molecule has 0 saturated heterocycles. The molecule has 1 aromatic carbocycles. The minimum Gasteiger partial charge on any atom is -0.287 e. The van der Waals surface area contributed by atoms with Crippen LogP contribution < -0.4 is 0 Å². The van der Waals surface area contributed by atoms with E-state index in [2.05, 4.69) is 15.0 Å². The number of benzene rings is 1. The van der Waals surface area contributed by atoms with Crippen molar-refractivity contribution in [2.45, 2.75) is 0 Å². The van der Waals surface area contributed by atoms with E-state index in [4.69, 9.17) is 0 Å². The molecule has 5 nitrogen and oxygen atoms in total. The van der Waals surface area contributed by atoms with Crippen LogP contribution in [0.5, 0.6) is 0 Å². The monoisotopic (exact) mass is 287 g/mol. The number of rotatable bonds is 1. The van der Waals surface area contributed by atoms with Crippen LogP contribution in [0.1, 0.15) is 32.1 Å². The van der Waals surface area contributed by atoms with Gasteiger partial charge in [0.1, 0.15) is 11.4 Å². The first kappa shape index (κ1) is 12.5. The fraction of sp³-hybridized carbons (Fsp3) is 0. The topological polar surface area (TPSA) is 72.8 Å². The number of carbonyl (C=O) groups is 2. The van der Waals surface area contributed by atoms with E-state index in [0.717, 1.165) is 5.56 Å². The highest BCUT2D eigenvalue weighted by Gasteiger charge is 2.32. The van der Waals surface area contributed by atoms with Crippen molar-refractivity contribution in [3.05, 3.63) is 77.5 Å². The molecule has 0 unspecified atom stereocenters. The summed E-state index contributed by atoms with van der Waals surface area (Å²) in [5.41, 5.74) is 2.32. The van der Waals surface area contributed by atoms with Gasteiger partial charge in [-0.3, -0.25) is 14.6 Å². The minimum atomic E-state index is -0.270. The second kappa shape index (κ2) is 4.66. The highest BCUT2D eigenvalue weighted by atomic mass is 16.1. The summed E-state index contributed by atoms with van der Waals surface area (Å²) >= 11 is 0. The van der Waals surface area contributed by atoms with Crippen molar-refractivity contribution >= 4 is 11.6 Å². The van der Waals surface area contributed by atoms with Gasteiger partial charge >= 0.3 is 0 Å². The molecule has 0 fully saturated rings. The van der Waals surface area contributed by atoms with Crippen LogP contribution in [0.2, 0.25) is 0 Å². The van der Waals surface area contributed by atoms with Crippen molar-refractivity contribution in [1.82, 2.24) is 15.0 Å². The maximum Gasteiger partial charge on any atom is 0.214 e. The van der Waals surface area contributed by atoms with Crippen LogP contribution >= 0.6 is 0 Å². The molecular formula is C17H9N3O2. The molecule has 3 aromatic rings. The molecule has 1 aliphatic rings. The predicted octanol–water partition coefficient (Wildman–Crippen LogP) is 2.31. The van der Waals surface area contributed by atoms with E-state index in [-0.39, 0.29) is 23.0 Å². The first-order chi connectivity index (χ1) is 10.8. The molecule has 0 spiro atoms. The van der Waals surface area contributed by atoms with Crippen molar-refractivity contribution in [2.75, 3.05) is 0 Å². The van der Waals surface area contributed by atoms with Crippen molar-refractivity contribution in [2.24, 2.45) is 0 Å². The third kappa shape index (κ3) is 1.76. The van der Waals surface area contributed by atoms with Crippen LogP contribution in [0.15, 0.2) is 55.0 Å². The Labute approximate surface area is 125 Å². The molecule has 2 aromatic heterocycles. The summed E-state index contributed by atoms with van der Waals surface area (Å²) in [5.74, 6) is -0.535. The van der Waals surface area contributed by atoms with Gasteiger partial charge in [0.2, 0.25) is 11.6 Å². The highest BCUT2D eigenvalue weighted by molar-refractivity contribution is 6.26. The van der Waals surface area contributed by atoms with Crippen LogP contribution in [0.4, 0.5) is 0 Å². The van der Waals surface area contributed by atoms with E-state index in [1.165, 1.54) is 6.20 Å². The number of pyridine rings is 1. The Morgan fingerprint density at radius 1 is 0.773 bits per heavy atom. The van der Waals surface area contributed by atoms with E-state index >= 15 is 0 Å². The first-order valence-corrected chi connectivity index (χ1v) is 6.71. The molecule has 5 heteroatoms. The van der Waals surface area contributed by atoms with Gasteiger partial charge in [-0.15, -0.1) is 0 Å². The van der Waals surface area contributed by atoms with Gasteiger partial charge < -0.3 is 0 Å². The number of ketones is 2. The Balaban J connectivity index is 1.91. The molecule has 4 rings (SSSR count). The zero-order chi connectivity index (χ0) is 15.1. The zero-order valence-corrected chi connectivity index (χ0v) is 11.4. The van der Waals surface area contributed by atoms with E-state index in [1.54, 1.807) is 48.8 Å².